The van der Waals surface area contributed by atoms with Crippen molar-refractivity contribution in [1.29, 1.82) is 0 Å². The number of amides is 3. The maximum absolute atomic E-state index is 13.3. The maximum Gasteiger partial charge on any atom is 0.254 e. The summed E-state index contributed by atoms with van der Waals surface area (Å²) in [5, 5.41) is 3.29. The number of fused-ring (bicyclic) bond motifs is 1. The third-order valence-electron chi connectivity index (χ3n) is 7.49. The zero-order valence-corrected chi connectivity index (χ0v) is 18.7. The normalized spacial score (nSPS) is 21.9. The summed E-state index contributed by atoms with van der Waals surface area (Å²) in [4.78, 5) is 42.1. The molecule has 2 fully saturated rings. The number of carbonyl (C=O) groups is 3. The molecule has 0 unspecified atom stereocenters. The lowest BCUT2D eigenvalue weighted by Crippen LogP contribution is -2.58. The minimum atomic E-state index is -0.534. The van der Waals surface area contributed by atoms with E-state index in [4.69, 9.17) is 0 Å². The van der Waals surface area contributed by atoms with Crippen LogP contribution in [-0.4, -0.2) is 52.2 Å². The Bertz CT molecular complexity index is 821. The highest BCUT2D eigenvalue weighted by atomic mass is 16.2. The van der Waals surface area contributed by atoms with E-state index in [1.807, 2.05) is 34.1 Å². The number of nitrogens with one attached hydrogen (secondary N) is 1. The zero-order chi connectivity index (χ0) is 21.8. The molecule has 1 aromatic rings. The minimum absolute atomic E-state index is 0.0191. The first-order valence-electron chi connectivity index (χ1n) is 11.9. The molecule has 0 spiro atoms. The van der Waals surface area contributed by atoms with Gasteiger partial charge in [-0.3, -0.25) is 14.4 Å². The Balaban J connectivity index is 1.50. The zero-order valence-electron chi connectivity index (χ0n) is 18.7. The molecule has 1 aliphatic carbocycles. The molecule has 3 amide bonds. The van der Waals surface area contributed by atoms with Gasteiger partial charge < -0.3 is 15.1 Å². The summed E-state index contributed by atoms with van der Waals surface area (Å²) >= 11 is 0. The summed E-state index contributed by atoms with van der Waals surface area (Å²) in [6.07, 6.45) is 9.83. The number of hydrogen-bond donors (Lipinski definition) is 1. The summed E-state index contributed by atoms with van der Waals surface area (Å²) < 4.78 is 0. The van der Waals surface area contributed by atoms with Crippen molar-refractivity contribution in [3.63, 3.8) is 0 Å². The van der Waals surface area contributed by atoms with E-state index in [9.17, 15) is 14.4 Å². The van der Waals surface area contributed by atoms with E-state index in [0.717, 1.165) is 24.0 Å². The van der Waals surface area contributed by atoms with Gasteiger partial charge in [-0.15, -0.1) is 0 Å². The number of likely N-dealkylation sites (tertiary alicyclic amines) is 1. The molecule has 6 nitrogen and oxygen atoms in total. The van der Waals surface area contributed by atoms with Gasteiger partial charge in [0.15, 0.2) is 0 Å². The van der Waals surface area contributed by atoms with Gasteiger partial charge in [-0.25, -0.2) is 0 Å². The summed E-state index contributed by atoms with van der Waals surface area (Å²) in [6, 6.07) is 7.98. The molecule has 0 atom stereocenters. The van der Waals surface area contributed by atoms with E-state index in [2.05, 4.69) is 5.32 Å². The quantitative estimate of drug-likeness (QED) is 0.801. The number of hydrogen-bond acceptors (Lipinski definition) is 3. The summed E-state index contributed by atoms with van der Waals surface area (Å²) in [5.74, 6) is 0.125. The van der Waals surface area contributed by atoms with E-state index in [0.29, 0.717) is 38.9 Å². The van der Waals surface area contributed by atoms with E-state index in [1.54, 1.807) is 6.92 Å². The molecule has 0 bridgehead atoms. The molecule has 6 heteroatoms. The highest BCUT2D eigenvalue weighted by Crippen LogP contribution is 2.38. The molecule has 1 saturated carbocycles. The van der Waals surface area contributed by atoms with Crippen LogP contribution >= 0.6 is 0 Å². The van der Waals surface area contributed by atoms with Gasteiger partial charge in [-0.05, 0) is 37.3 Å². The standard InChI is InChI=1S/C25H35N3O3/c1-19(29)27-15-13-25(14-16-27,28-18-20-9-7-8-12-22(20)24(28)31)17-23(30)26-21-10-5-3-2-4-6-11-21/h7-9,12,21H,2-6,10-11,13-18H2,1H3,(H,26,30). The molecule has 2 aliphatic heterocycles. The van der Waals surface area contributed by atoms with Gasteiger partial charge in [-0.2, -0.15) is 0 Å². The topological polar surface area (TPSA) is 69.7 Å². The lowest BCUT2D eigenvalue weighted by atomic mass is 9.82. The van der Waals surface area contributed by atoms with Crippen LogP contribution in [0.2, 0.25) is 0 Å². The first kappa shape index (κ1) is 21.8. The van der Waals surface area contributed by atoms with Crippen LogP contribution in [0.3, 0.4) is 0 Å². The third kappa shape index (κ3) is 4.78. The maximum atomic E-state index is 13.3. The smallest absolute Gasteiger partial charge is 0.254 e. The Morgan fingerprint density at radius 3 is 2.32 bits per heavy atom. The van der Waals surface area contributed by atoms with Crippen LogP contribution in [0, 0.1) is 0 Å². The number of nitrogens with zero attached hydrogens (tertiary/aromatic N) is 2. The van der Waals surface area contributed by atoms with E-state index in [1.165, 1.54) is 32.1 Å². The van der Waals surface area contributed by atoms with Crippen molar-refractivity contribution in [2.24, 2.45) is 0 Å². The van der Waals surface area contributed by atoms with E-state index in [-0.39, 0.29) is 23.8 Å². The molecule has 1 aromatic carbocycles. The monoisotopic (exact) mass is 425 g/mol. The van der Waals surface area contributed by atoms with Crippen LogP contribution in [-0.2, 0) is 16.1 Å². The fraction of sp³-hybridized carbons (Fsp3) is 0.640. The predicted molar refractivity (Wildman–Crippen MR) is 119 cm³/mol. The Hall–Kier alpha value is -2.37. The lowest BCUT2D eigenvalue weighted by Gasteiger charge is -2.47. The van der Waals surface area contributed by atoms with Crippen molar-refractivity contribution >= 4 is 17.7 Å². The number of piperidine rings is 1. The van der Waals surface area contributed by atoms with Gasteiger partial charge in [-0.1, -0.05) is 50.3 Å². The summed E-state index contributed by atoms with van der Waals surface area (Å²) in [7, 11) is 0. The van der Waals surface area contributed by atoms with Gasteiger partial charge in [0, 0.05) is 38.2 Å². The van der Waals surface area contributed by atoms with Gasteiger partial charge in [0.1, 0.15) is 0 Å². The molecule has 1 N–H and O–H groups in total. The second-order valence-electron chi connectivity index (χ2n) is 9.57. The molecule has 168 valence electrons. The van der Waals surface area contributed by atoms with Crippen molar-refractivity contribution < 1.29 is 14.4 Å². The Labute approximate surface area is 185 Å². The molecule has 31 heavy (non-hydrogen) atoms. The fourth-order valence-electron chi connectivity index (χ4n) is 5.60. The van der Waals surface area contributed by atoms with E-state index < -0.39 is 5.54 Å². The number of rotatable bonds is 4. The molecular formula is C25H35N3O3. The molecule has 1 saturated heterocycles. The lowest BCUT2D eigenvalue weighted by molar-refractivity contribution is -0.132. The average Bonchev–Trinajstić information content (AvgIpc) is 3.08. The van der Waals surface area contributed by atoms with Crippen molar-refractivity contribution in [2.75, 3.05) is 13.1 Å². The molecule has 4 rings (SSSR count). The Morgan fingerprint density at radius 2 is 1.68 bits per heavy atom. The molecule has 0 radical (unpaired) electrons. The SMILES string of the molecule is CC(=O)N1CCC(CC(=O)NC2CCCCCCC2)(N2Cc3ccccc3C2=O)CC1. The van der Waals surface area contributed by atoms with Crippen LogP contribution in [0.5, 0.6) is 0 Å². The van der Waals surface area contributed by atoms with E-state index >= 15 is 0 Å². The number of carbonyl (C=O) groups excluding carboxylic acids is 3. The van der Waals surface area contributed by atoms with Crippen LogP contribution in [0.15, 0.2) is 24.3 Å². The van der Waals surface area contributed by atoms with Gasteiger partial charge >= 0.3 is 0 Å². The minimum Gasteiger partial charge on any atom is -0.353 e. The highest BCUT2D eigenvalue weighted by molar-refractivity contribution is 5.99. The molecule has 2 heterocycles. The Morgan fingerprint density at radius 1 is 1.03 bits per heavy atom. The largest absolute Gasteiger partial charge is 0.353 e. The van der Waals surface area contributed by atoms with Gasteiger partial charge in [0.25, 0.3) is 5.91 Å². The van der Waals surface area contributed by atoms with Crippen molar-refractivity contribution in [1.82, 2.24) is 15.1 Å². The Kier molecular flexibility index (Phi) is 6.63. The first-order valence-corrected chi connectivity index (χ1v) is 11.9. The van der Waals surface area contributed by atoms with Crippen molar-refractivity contribution in [3.8, 4) is 0 Å². The van der Waals surface area contributed by atoms with Crippen LogP contribution in [0.1, 0.15) is 87.1 Å². The van der Waals surface area contributed by atoms with Crippen LogP contribution < -0.4 is 5.32 Å². The molecule has 3 aliphatic rings. The highest BCUT2D eigenvalue weighted by Gasteiger charge is 2.47. The number of benzene rings is 1. The van der Waals surface area contributed by atoms with Gasteiger partial charge in [0.05, 0.1) is 12.0 Å². The second kappa shape index (κ2) is 9.41. The molecular weight excluding hydrogens is 390 g/mol. The first-order chi connectivity index (χ1) is 15.0. The average molecular weight is 426 g/mol. The van der Waals surface area contributed by atoms with Crippen LogP contribution in [0.25, 0.3) is 0 Å². The van der Waals surface area contributed by atoms with Crippen LogP contribution in [0.4, 0.5) is 0 Å². The summed E-state index contributed by atoms with van der Waals surface area (Å²) in [6.45, 7) is 3.31. The predicted octanol–water partition coefficient (Wildman–Crippen LogP) is 3.64. The second-order valence-corrected chi connectivity index (χ2v) is 9.57. The molecule has 0 aromatic heterocycles. The van der Waals surface area contributed by atoms with Crippen molar-refractivity contribution in [3.05, 3.63) is 35.4 Å². The van der Waals surface area contributed by atoms with Crippen molar-refractivity contribution in [2.45, 2.75) is 89.3 Å². The summed E-state index contributed by atoms with van der Waals surface area (Å²) in [5.41, 5.74) is 1.24. The third-order valence-corrected chi connectivity index (χ3v) is 7.49. The van der Waals surface area contributed by atoms with Gasteiger partial charge in [0.2, 0.25) is 11.8 Å². The fourth-order valence-corrected chi connectivity index (χ4v) is 5.60.